The molecule has 3 aromatic rings. The van der Waals surface area contributed by atoms with Crippen LogP contribution in [0.4, 0.5) is 10.5 Å². The maximum absolute atomic E-state index is 12.9. The van der Waals surface area contributed by atoms with Crippen molar-refractivity contribution >= 4 is 56.4 Å². The molecule has 4 rings (SSSR count). The van der Waals surface area contributed by atoms with Crippen LogP contribution in [-0.2, 0) is 21.5 Å². The van der Waals surface area contributed by atoms with E-state index in [-0.39, 0.29) is 33.3 Å². The SMILES string of the molecule is O=C1S/C(=C\c2ccccc2OS(=O)(=O)c2ccc([N+](=O)[O-])cc2)C(=O)N1Cc1cccc(Cl)c1. The van der Waals surface area contributed by atoms with Gasteiger partial charge in [-0.25, -0.2) is 0 Å². The van der Waals surface area contributed by atoms with Gasteiger partial charge in [-0.3, -0.25) is 24.6 Å². The lowest BCUT2D eigenvalue weighted by molar-refractivity contribution is -0.384. The predicted molar refractivity (Wildman–Crippen MR) is 130 cm³/mol. The van der Waals surface area contributed by atoms with Crippen molar-refractivity contribution < 1.29 is 27.1 Å². The van der Waals surface area contributed by atoms with Gasteiger partial charge in [-0.1, -0.05) is 41.9 Å². The number of halogens is 1. The third kappa shape index (κ3) is 5.53. The van der Waals surface area contributed by atoms with Crippen LogP contribution in [0.3, 0.4) is 0 Å². The van der Waals surface area contributed by atoms with E-state index in [1.165, 1.54) is 18.2 Å². The van der Waals surface area contributed by atoms with E-state index in [1.54, 1.807) is 36.4 Å². The van der Waals surface area contributed by atoms with E-state index in [9.17, 15) is 28.1 Å². The molecule has 0 N–H and O–H groups in total. The van der Waals surface area contributed by atoms with Crippen molar-refractivity contribution in [1.29, 1.82) is 0 Å². The van der Waals surface area contributed by atoms with E-state index < -0.39 is 26.2 Å². The largest absolute Gasteiger partial charge is 0.378 e. The Hall–Kier alpha value is -3.67. The number of carbonyl (C=O) groups excluding carboxylic acids is 2. The standard InChI is InChI=1S/C23H15ClN2O7S2/c24-17-6-3-4-15(12-17)14-25-22(27)21(34-23(25)28)13-16-5-1-2-7-20(16)33-35(31,32)19-10-8-18(9-11-19)26(29)30/h1-13H,14H2/b21-13-. The van der Waals surface area contributed by atoms with Gasteiger partial charge in [0.1, 0.15) is 10.6 Å². The summed E-state index contributed by atoms with van der Waals surface area (Å²) in [6.07, 6.45) is 1.38. The summed E-state index contributed by atoms with van der Waals surface area (Å²) in [4.78, 5) is 36.4. The molecular formula is C23H15ClN2O7S2. The van der Waals surface area contributed by atoms with Crippen LogP contribution in [0.1, 0.15) is 11.1 Å². The lowest BCUT2D eigenvalue weighted by Gasteiger charge is -2.12. The van der Waals surface area contributed by atoms with Crippen LogP contribution < -0.4 is 4.18 Å². The molecule has 9 nitrogen and oxygen atoms in total. The van der Waals surface area contributed by atoms with Crippen LogP contribution >= 0.6 is 23.4 Å². The molecule has 1 saturated heterocycles. The summed E-state index contributed by atoms with van der Waals surface area (Å²) in [5.41, 5.74) is 0.670. The van der Waals surface area contributed by atoms with E-state index >= 15 is 0 Å². The normalized spacial score (nSPS) is 15.0. The molecule has 0 atom stereocenters. The van der Waals surface area contributed by atoms with Crippen LogP contribution in [0.5, 0.6) is 5.75 Å². The zero-order valence-electron chi connectivity index (χ0n) is 17.7. The second-order valence-corrected chi connectivity index (χ2v) is 10.2. The third-order valence-electron chi connectivity index (χ3n) is 4.84. The maximum atomic E-state index is 12.9. The van der Waals surface area contributed by atoms with Gasteiger partial charge >= 0.3 is 10.1 Å². The average molecular weight is 531 g/mol. The van der Waals surface area contributed by atoms with Crippen LogP contribution in [0, 0.1) is 10.1 Å². The Kier molecular flexibility index (Phi) is 6.92. The van der Waals surface area contributed by atoms with E-state index in [1.807, 2.05) is 0 Å². The molecule has 0 saturated carbocycles. The second kappa shape index (κ2) is 9.90. The molecule has 0 unspecified atom stereocenters. The smallest absolute Gasteiger partial charge is 0.339 e. The fourth-order valence-corrected chi connectivity index (χ4v) is 5.17. The zero-order valence-corrected chi connectivity index (χ0v) is 20.0. The highest BCUT2D eigenvalue weighted by atomic mass is 35.5. The highest BCUT2D eigenvalue weighted by molar-refractivity contribution is 8.18. The number of non-ortho nitro benzene ring substituents is 1. The van der Waals surface area contributed by atoms with Gasteiger partial charge in [0, 0.05) is 22.7 Å². The van der Waals surface area contributed by atoms with E-state index in [2.05, 4.69) is 0 Å². The number of hydrogen-bond donors (Lipinski definition) is 0. The van der Waals surface area contributed by atoms with Crippen LogP contribution in [0.25, 0.3) is 6.08 Å². The highest BCUT2D eigenvalue weighted by Crippen LogP contribution is 2.35. The van der Waals surface area contributed by atoms with E-state index in [0.717, 1.165) is 40.9 Å². The molecule has 0 radical (unpaired) electrons. The molecule has 1 aliphatic rings. The second-order valence-electron chi connectivity index (χ2n) is 7.22. The minimum atomic E-state index is -4.33. The van der Waals surface area contributed by atoms with Gasteiger partial charge < -0.3 is 4.18 Å². The minimum Gasteiger partial charge on any atom is -0.378 e. The number of thioether (sulfide) groups is 1. The van der Waals surface area contributed by atoms with Crippen molar-refractivity contribution in [3.8, 4) is 5.75 Å². The summed E-state index contributed by atoms with van der Waals surface area (Å²) in [7, 11) is -4.33. The number of nitro groups is 1. The summed E-state index contributed by atoms with van der Waals surface area (Å²) in [6.45, 7) is 0.0369. The monoisotopic (exact) mass is 530 g/mol. The maximum Gasteiger partial charge on any atom is 0.339 e. The van der Waals surface area contributed by atoms with E-state index in [4.69, 9.17) is 15.8 Å². The van der Waals surface area contributed by atoms with Crippen LogP contribution in [0.2, 0.25) is 5.02 Å². The molecular weight excluding hydrogens is 516 g/mol. The quantitative estimate of drug-likeness (QED) is 0.175. The number of benzene rings is 3. The van der Waals surface area contributed by atoms with Crippen LogP contribution in [0.15, 0.2) is 82.6 Å². The van der Waals surface area contributed by atoms with Gasteiger partial charge in [0.05, 0.1) is 16.4 Å². The summed E-state index contributed by atoms with van der Waals surface area (Å²) >= 11 is 6.70. The average Bonchev–Trinajstić information content (AvgIpc) is 3.07. The molecule has 1 fully saturated rings. The molecule has 1 aliphatic heterocycles. The Bertz CT molecular complexity index is 1470. The number of imide groups is 1. The first-order valence-corrected chi connectivity index (χ1v) is 12.5. The number of amides is 2. The predicted octanol–water partition coefficient (Wildman–Crippen LogP) is 5.25. The number of rotatable bonds is 7. The first kappa shape index (κ1) is 24.5. The number of nitrogens with zero attached hydrogens (tertiary/aromatic N) is 2. The van der Waals surface area contributed by atoms with Gasteiger partial charge in [-0.15, -0.1) is 0 Å². The fourth-order valence-electron chi connectivity index (χ4n) is 3.17. The lowest BCUT2D eigenvalue weighted by atomic mass is 10.2. The first-order chi connectivity index (χ1) is 16.6. The Morgan fingerprint density at radius 3 is 2.43 bits per heavy atom. The third-order valence-corrected chi connectivity index (χ3v) is 7.24. The molecule has 178 valence electrons. The topological polar surface area (TPSA) is 124 Å². The number of carbonyl (C=O) groups is 2. The van der Waals surface area contributed by atoms with Crippen molar-refractivity contribution in [2.24, 2.45) is 0 Å². The van der Waals surface area contributed by atoms with Gasteiger partial charge in [-0.05, 0) is 53.7 Å². The van der Waals surface area contributed by atoms with Crippen LogP contribution in [-0.4, -0.2) is 29.4 Å². The Labute approximate surface area is 209 Å². The van der Waals surface area contributed by atoms with Crippen molar-refractivity contribution in [3.63, 3.8) is 0 Å². The summed E-state index contributed by atoms with van der Waals surface area (Å²) < 4.78 is 30.7. The van der Waals surface area contributed by atoms with Gasteiger partial charge in [0.2, 0.25) is 0 Å². The van der Waals surface area contributed by atoms with Gasteiger partial charge in [-0.2, -0.15) is 8.42 Å². The highest BCUT2D eigenvalue weighted by Gasteiger charge is 2.35. The van der Waals surface area contributed by atoms with Gasteiger partial charge in [0.15, 0.2) is 0 Å². The zero-order chi connectivity index (χ0) is 25.2. The summed E-state index contributed by atoms with van der Waals surface area (Å²) in [5, 5.41) is 10.8. The summed E-state index contributed by atoms with van der Waals surface area (Å²) in [5.74, 6) is -0.611. The Morgan fingerprint density at radius 2 is 1.74 bits per heavy atom. The molecule has 0 aliphatic carbocycles. The first-order valence-electron chi connectivity index (χ1n) is 9.92. The Morgan fingerprint density at radius 1 is 1.03 bits per heavy atom. The molecule has 0 aromatic heterocycles. The lowest BCUT2D eigenvalue weighted by Crippen LogP contribution is -2.27. The minimum absolute atomic E-state index is 0.0369. The summed E-state index contributed by atoms with van der Waals surface area (Å²) in [6, 6.07) is 17.1. The molecule has 0 bridgehead atoms. The van der Waals surface area contributed by atoms with Crippen molar-refractivity contribution in [3.05, 3.63) is 104 Å². The molecule has 12 heteroatoms. The molecule has 1 heterocycles. The van der Waals surface area contributed by atoms with Crippen molar-refractivity contribution in [2.75, 3.05) is 0 Å². The molecule has 2 amide bonds. The molecule has 35 heavy (non-hydrogen) atoms. The van der Waals surface area contributed by atoms with Gasteiger partial charge in [0.25, 0.3) is 16.8 Å². The molecule has 3 aromatic carbocycles. The Balaban J connectivity index is 1.58. The van der Waals surface area contributed by atoms with Crippen molar-refractivity contribution in [2.45, 2.75) is 11.4 Å². The van der Waals surface area contributed by atoms with E-state index in [0.29, 0.717) is 10.6 Å². The number of nitro benzene ring substituents is 1. The van der Waals surface area contributed by atoms with Crippen molar-refractivity contribution in [1.82, 2.24) is 4.90 Å². The number of hydrogen-bond acceptors (Lipinski definition) is 8. The fraction of sp³-hybridized carbons (Fsp3) is 0.0435. The molecule has 0 spiro atoms. The number of para-hydroxylation sites is 1.